The third kappa shape index (κ3) is 4.67. The molecule has 1 fully saturated rings. The number of hydrogen-bond donors (Lipinski definition) is 0. The van der Waals surface area contributed by atoms with E-state index in [9.17, 15) is 9.59 Å². The summed E-state index contributed by atoms with van der Waals surface area (Å²) in [7, 11) is 0. The van der Waals surface area contributed by atoms with Crippen LogP contribution >= 0.6 is 0 Å². The van der Waals surface area contributed by atoms with Crippen LogP contribution in [0.2, 0.25) is 0 Å². The summed E-state index contributed by atoms with van der Waals surface area (Å²) in [5, 5.41) is 0. The highest BCUT2D eigenvalue weighted by Crippen LogP contribution is 2.43. The van der Waals surface area contributed by atoms with Gasteiger partial charge in [0.15, 0.2) is 6.10 Å². The topological polar surface area (TPSA) is 55.8 Å². The maximum Gasteiger partial charge on any atom is 0.411 e. The highest BCUT2D eigenvalue weighted by atomic mass is 16.6. The summed E-state index contributed by atoms with van der Waals surface area (Å²) in [6, 6.07) is 17.7. The Morgan fingerprint density at radius 1 is 1.07 bits per heavy atom. The smallest absolute Gasteiger partial charge is 0.411 e. The highest BCUT2D eigenvalue weighted by molar-refractivity contribution is 5.84. The van der Waals surface area contributed by atoms with Gasteiger partial charge >= 0.3 is 12.1 Å². The lowest BCUT2D eigenvalue weighted by molar-refractivity contribution is -0.174. The molecule has 1 saturated heterocycles. The van der Waals surface area contributed by atoms with Gasteiger partial charge in [0.2, 0.25) is 0 Å². The first-order valence-corrected chi connectivity index (χ1v) is 9.74. The van der Waals surface area contributed by atoms with Crippen LogP contribution < -0.4 is 0 Å². The second kappa shape index (κ2) is 8.52. The summed E-state index contributed by atoms with van der Waals surface area (Å²) in [5.41, 5.74) is 0.995. The quantitative estimate of drug-likeness (QED) is 0.529. The van der Waals surface area contributed by atoms with Gasteiger partial charge in [0, 0.05) is 0 Å². The maximum absolute atomic E-state index is 13.3. The fourth-order valence-corrected chi connectivity index (χ4v) is 3.52. The number of ether oxygens (including phenoxy) is 2. The largest absolute Gasteiger partial charge is 0.453 e. The Labute approximate surface area is 171 Å². The zero-order valence-corrected chi connectivity index (χ0v) is 17.1. The Hall–Kier alpha value is -3.08. The number of amides is 1. The minimum atomic E-state index is -0.799. The molecular formula is C24H27NO4. The number of benzene rings is 2. The predicted octanol–water partition coefficient (Wildman–Crippen LogP) is 5.21. The molecule has 1 aliphatic heterocycles. The van der Waals surface area contributed by atoms with Crippen molar-refractivity contribution in [3.8, 4) is 0 Å². The van der Waals surface area contributed by atoms with E-state index in [1.807, 2.05) is 81.4 Å². The van der Waals surface area contributed by atoms with Crippen LogP contribution in [0.25, 0.3) is 0 Å². The average molecular weight is 393 g/mol. The van der Waals surface area contributed by atoms with Crippen molar-refractivity contribution in [3.05, 3.63) is 84.4 Å². The lowest BCUT2D eigenvalue weighted by Crippen LogP contribution is -2.55. The molecule has 0 spiro atoms. The number of morpholine rings is 1. The molecule has 3 atom stereocenters. The third-order valence-electron chi connectivity index (χ3n) is 4.70. The van der Waals surface area contributed by atoms with Gasteiger partial charge in [-0.2, -0.15) is 0 Å². The van der Waals surface area contributed by atoms with E-state index in [1.54, 1.807) is 6.08 Å². The molecule has 2 aromatic carbocycles. The van der Waals surface area contributed by atoms with Gasteiger partial charge in [-0.25, -0.2) is 9.59 Å². The second-order valence-corrected chi connectivity index (χ2v) is 8.05. The van der Waals surface area contributed by atoms with Gasteiger partial charge in [0.1, 0.15) is 17.7 Å². The molecule has 0 N–H and O–H groups in total. The van der Waals surface area contributed by atoms with Gasteiger partial charge in [0.25, 0.3) is 0 Å². The molecule has 1 heterocycles. The highest BCUT2D eigenvalue weighted by Gasteiger charge is 2.48. The van der Waals surface area contributed by atoms with E-state index < -0.39 is 35.9 Å². The van der Waals surface area contributed by atoms with Crippen LogP contribution in [0.1, 0.15) is 50.5 Å². The number of carbonyl (C=O) groups is 2. The van der Waals surface area contributed by atoms with Crippen LogP contribution in [-0.4, -0.2) is 28.6 Å². The number of nitrogens with zero attached hydrogens (tertiary/aromatic N) is 1. The molecule has 29 heavy (non-hydrogen) atoms. The third-order valence-corrected chi connectivity index (χ3v) is 4.70. The van der Waals surface area contributed by atoms with Crippen LogP contribution in [0.5, 0.6) is 0 Å². The molecule has 5 heteroatoms. The van der Waals surface area contributed by atoms with Crippen molar-refractivity contribution in [1.82, 2.24) is 4.90 Å². The second-order valence-electron chi connectivity index (χ2n) is 8.05. The first-order valence-electron chi connectivity index (χ1n) is 9.74. The number of hydrogen-bond acceptors (Lipinski definition) is 4. The number of esters is 1. The average Bonchev–Trinajstić information content (AvgIpc) is 2.69. The van der Waals surface area contributed by atoms with E-state index in [2.05, 4.69) is 6.58 Å². The zero-order valence-electron chi connectivity index (χ0n) is 17.1. The Balaban J connectivity index is 2.13. The van der Waals surface area contributed by atoms with Gasteiger partial charge in [-0.3, -0.25) is 4.90 Å². The van der Waals surface area contributed by atoms with Gasteiger partial charge in [-0.05, 0) is 38.3 Å². The van der Waals surface area contributed by atoms with Crippen LogP contribution in [0.15, 0.2) is 73.3 Å². The molecule has 0 saturated carbocycles. The summed E-state index contributed by atoms with van der Waals surface area (Å²) in [6.45, 7) is 9.17. The molecule has 0 aromatic heterocycles. The fraction of sp³-hybridized carbons (Fsp3) is 0.333. The minimum absolute atomic E-state index is 0.281. The van der Waals surface area contributed by atoms with Crippen molar-refractivity contribution >= 4 is 12.1 Å². The molecule has 1 amide bonds. The molecule has 152 valence electrons. The first-order chi connectivity index (χ1) is 13.8. The van der Waals surface area contributed by atoms with Crippen LogP contribution in [0, 0.1) is 0 Å². The summed E-state index contributed by atoms with van der Waals surface area (Å²) >= 11 is 0. The SMILES string of the molecule is C=CC[C@H]1C(=O)O[C@H](c2ccccc2)[C@H](c2ccccc2)N1C(=O)OC(C)(C)C. The van der Waals surface area contributed by atoms with Crippen molar-refractivity contribution < 1.29 is 19.1 Å². The Morgan fingerprint density at radius 3 is 2.14 bits per heavy atom. The Kier molecular flexibility index (Phi) is 6.06. The number of cyclic esters (lactones) is 1. The Bertz CT molecular complexity index is 857. The number of carbonyl (C=O) groups excluding carboxylic acids is 2. The molecule has 5 nitrogen and oxygen atoms in total. The summed E-state index contributed by atoms with van der Waals surface area (Å²) in [6.07, 6.45) is 0.715. The molecule has 2 aromatic rings. The van der Waals surface area contributed by atoms with Gasteiger partial charge in [0.05, 0.1) is 0 Å². The number of rotatable bonds is 4. The first kappa shape index (κ1) is 20.6. The van der Waals surface area contributed by atoms with Crippen LogP contribution in [0.4, 0.5) is 4.79 Å². The summed E-state index contributed by atoms with van der Waals surface area (Å²) < 4.78 is 11.6. The standard InChI is InChI=1S/C24H27NO4/c1-5-12-19-22(26)28-21(18-15-10-7-11-16-18)20(17-13-8-6-9-14-17)25(19)23(27)29-24(2,3)4/h5-11,13-16,19-21H,1,12H2,2-4H3/t19-,20-,21+/m0/s1. The molecule has 1 aliphatic rings. The van der Waals surface area contributed by atoms with Gasteiger partial charge in [-0.1, -0.05) is 66.7 Å². The normalized spacial score (nSPS) is 22.0. The molecule has 0 unspecified atom stereocenters. The van der Waals surface area contributed by atoms with Crippen LogP contribution in [0.3, 0.4) is 0 Å². The Morgan fingerprint density at radius 2 is 1.62 bits per heavy atom. The van der Waals surface area contributed by atoms with Crippen molar-refractivity contribution in [1.29, 1.82) is 0 Å². The lowest BCUT2D eigenvalue weighted by Gasteiger charge is -2.45. The van der Waals surface area contributed by atoms with Crippen LogP contribution in [-0.2, 0) is 14.3 Å². The van der Waals surface area contributed by atoms with Gasteiger partial charge < -0.3 is 9.47 Å². The molecule has 0 radical (unpaired) electrons. The van der Waals surface area contributed by atoms with E-state index in [-0.39, 0.29) is 6.42 Å². The van der Waals surface area contributed by atoms with Crippen molar-refractivity contribution in [2.24, 2.45) is 0 Å². The monoisotopic (exact) mass is 393 g/mol. The lowest BCUT2D eigenvalue weighted by atomic mass is 9.90. The molecule has 3 rings (SSSR count). The maximum atomic E-state index is 13.3. The summed E-state index contributed by atoms with van der Waals surface area (Å²) in [5.74, 6) is -0.461. The summed E-state index contributed by atoms with van der Waals surface area (Å²) in [4.78, 5) is 27.7. The van der Waals surface area contributed by atoms with Gasteiger partial charge in [-0.15, -0.1) is 6.58 Å². The van der Waals surface area contributed by atoms with E-state index in [0.717, 1.165) is 11.1 Å². The van der Waals surface area contributed by atoms with E-state index in [0.29, 0.717) is 0 Å². The fourth-order valence-electron chi connectivity index (χ4n) is 3.52. The van der Waals surface area contributed by atoms with Crippen molar-refractivity contribution in [3.63, 3.8) is 0 Å². The molecular weight excluding hydrogens is 366 g/mol. The minimum Gasteiger partial charge on any atom is -0.453 e. The van der Waals surface area contributed by atoms with Crippen molar-refractivity contribution in [2.75, 3.05) is 0 Å². The zero-order chi connectivity index (χ0) is 21.0. The van der Waals surface area contributed by atoms with Crippen molar-refractivity contribution in [2.45, 2.75) is 51.0 Å². The molecule has 0 aliphatic carbocycles. The van der Waals surface area contributed by atoms with E-state index in [4.69, 9.17) is 9.47 Å². The van der Waals surface area contributed by atoms with E-state index >= 15 is 0 Å². The predicted molar refractivity (Wildman–Crippen MR) is 111 cm³/mol. The molecule has 0 bridgehead atoms. The van der Waals surface area contributed by atoms with E-state index in [1.165, 1.54) is 4.90 Å².